The highest BCUT2D eigenvalue weighted by Crippen LogP contribution is 2.40. The van der Waals surface area contributed by atoms with Crippen LogP contribution in [0.4, 0.5) is 11.4 Å². The summed E-state index contributed by atoms with van der Waals surface area (Å²) in [7, 11) is 8.90. The van der Waals surface area contributed by atoms with E-state index in [0.717, 1.165) is 16.8 Å². The van der Waals surface area contributed by atoms with Crippen LogP contribution in [0.1, 0.15) is 58.2 Å². The van der Waals surface area contributed by atoms with Gasteiger partial charge in [-0.3, -0.25) is 15.0 Å². The Morgan fingerprint density at radius 1 is 1.05 bits per heavy atom. The minimum absolute atomic E-state index is 0. The van der Waals surface area contributed by atoms with Crippen molar-refractivity contribution in [3.8, 4) is 5.75 Å². The highest BCUT2D eigenvalue weighted by atomic mass is 79.9. The molecule has 3 rings (SSSR count). The smallest absolute Gasteiger partial charge is 0.341 e. The van der Waals surface area contributed by atoms with Crippen molar-refractivity contribution in [3.63, 3.8) is 0 Å². The Labute approximate surface area is 240 Å². The molecule has 10 nitrogen and oxygen atoms in total. The fraction of sp³-hybridized carbons (Fsp3) is 0.429. The largest absolute Gasteiger partial charge is 0.479 e. The lowest BCUT2D eigenvalue weighted by Gasteiger charge is -2.28. The number of ether oxygens (including phenoxy) is 1. The second kappa shape index (κ2) is 12.1. The molecule has 0 saturated carbocycles. The van der Waals surface area contributed by atoms with Gasteiger partial charge in [-0.2, -0.15) is 0 Å². The summed E-state index contributed by atoms with van der Waals surface area (Å²) in [5.74, 6) is -0.885. The first-order valence-electron chi connectivity index (χ1n) is 12.3. The number of amidine groups is 1. The molecule has 0 aromatic heterocycles. The molecule has 1 aliphatic heterocycles. The van der Waals surface area contributed by atoms with Gasteiger partial charge in [0, 0.05) is 64.2 Å². The molecule has 212 valence electrons. The number of aliphatic carboxylic acids is 1. The van der Waals surface area contributed by atoms with Gasteiger partial charge in [0.25, 0.3) is 5.91 Å². The lowest BCUT2D eigenvalue weighted by atomic mass is 9.84. The molecule has 0 aliphatic carbocycles. The minimum Gasteiger partial charge on any atom is -0.479 e. The summed E-state index contributed by atoms with van der Waals surface area (Å²) in [5.41, 5.74) is 4.06. The predicted octanol–water partition coefficient (Wildman–Crippen LogP) is 3.54. The zero-order valence-corrected chi connectivity index (χ0v) is 25.5. The van der Waals surface area contributed by atoms with Crippen LogP contribution < -0.4 is 19.9 Å². The van der Waals surface area contributed by atoms with Gasteiger partial charge in [-0.05, 0) is 35.2 Å². The van der Waals surface area contributed by atoms with E-state index in [1.165, 1.54) is 0 Å². The first-order chi connectivity index (χ1) is 17.6. The molecule has 0 spiro atoms. The van der Waals surface area contributed by atoms with Crippen LogP contribution >= 0.6 is 17.0 Å². The van der Waals surface area contributed by atoms with Crippen LogP contribution in [0.2, 0.25) is 0 Å². The molecule has 0 fully saturated rings. The highest BCUT2D eigenvalue weighted by molar-refractivity contribution is 8.93. The average molecular weight is 605 g/mol. The molecule has 1 amide bonds. The van der Waals surface area contributed by atoms with Crippen molar-refractivity contribution in [3.05, 3.63) is 52.1 Å². The maximum Gasteiger partial charge on any atom is 0.341 e. The average Bonchev–Trinajstić information content (AvgIpc) is 3.14. The fourth-order valence-electron chi connectivity index (χ4n) is 4.47. The highest BCUT2D eigenvalue weighted by Gasteiger charge is 2.31. The molecule has 2 aromatic carbocycles. The van der Waals surface area contributed by atoms with E-state index in [0.29, 0.717) is 34.7 Å². The van der Waals surface area contributed by atoms with Crippen LogP contribution in [0.25, 0.3) is 0 Å². The second-order valence-electron chi connectivity index (χ2n) is 10.8. The molecule has 0 bridgehead atoms. The van der Waals surface area contributed by atoms with E-state index >= 15 is 0 Å². The zero-order chi connectivity index (χ0) is 28.5. The summed E-state index contributed by atoms with van der Waals surface area (Å²) in [6, 6.07) is 7.07. The number of nitrogens with zero attached hydrogens (tertiary/aromatic N) is 3. The number of nitrogens with one attached hydrogen (secondary N) is 2. The summed E-state index contributed by atoms with van der Waals surface area (Å²) < 4.78 is 5.68. The van der Waals surface area contributed by atoms with Crippen LogP contribution in [0.5, 0.6) is 5.75 Å². The topological polar surface area (TPSA) is 126 Å². The van der Waals surface area contributed by atoms with Gasteiger partial charge in [-0.25, -0.2) is 4.79 Å². The van der Waals surface area contributed by atoms with Gasteiger partial charge in [0.15, 0.2) is 12.4 Å². The molecule has 0 atom stereocenters. The van der Waals surface area contributed by atoms with Crippen molar-refractivity contribution >= 4 is 51.9 Å². The Morgan fingerprint density at radius 2 is 1.67 bits per heavy atom. The number of hydrogen-bond donors (Lipinski definition) is 3. The molecule has 1 aliphatic rings. The Hall–Kier alpha value is -3.60. The SMILES string of the molecule is Br.CNC(=O)c1cc2c(cc1N(C)C)CN(CC(=O)c1cc(N(C)C)c(OCC(=O)O)c(C(C)(C)C)c1)C2=N. The lowest BCUT2D eigenvalue weighted by molar-refractivity contribution is -0.139. The number of hydrogen-bond acceptors (Lipinski definition) is 7. The Morgan fingerprint density at radius 3 is 2.18 bits per heavy atom. The van der Waals surface area contributed by atoms with Gasteiger partial charge in [-0.15, -0.1) is 17.0 Å². The maximum absolute atomic E-state index is 13.6. The number of carbonyl (C=O) groups excluding carboxylic acids is 2. The number of Topliss-reactive ketones (excluding diaryl/α,β-unsaturated/α-hetero) is 1. The number of halogens is 1. The molecule has 0 unspecified atom stereocenters. The van der Waals surface area contributed by atoms with Crippen molar-refractivity contribution in [2.24, 2.45) is 0 Å². The fourth-order valence-corrected chi connectivity index (χ4v) is 4.47. The van der Waals surface area contributed by atoms with E-state index in [1.807, 2.05) is 59.9 Å². The number of benzene rings is 2. The monoisotopic (exact) mass is 603 g/mol. The maximum atomic E-state index is 13.6. The molecule has 0 saturated heterocycles. The molecule has 3 N–H and O–H groups in total. The summed E-state index contributed by atoms with van der Waals surface area (Å²) in [6.07, 6.45) is 0. The van der Waals surface area contributed by atoms with E-state index < -0.39 is 18.0 Å². The zero-order valence-electron chi connectivity index (χ0n) is 23.8. The molecule has 2 aromatic rings. The van der Waals surface area contributed by atoms with Gasteiger partial charge >= 0.3 is 5.97 Å². The minimum atomic E-state index is -1.08. The lowest BCUT2D eigenvalue weighted by Crippen LogP contribution is -2.31. The normalized spacial score (nSPS) is 12.4. The first kappa shape index (κ1) is 31.6. The van der Waals surface area contributed by atoms with Gasteiger partial charge in [-0.1, -0.05) is 20.8 Å². The second-order valence-corrected chi connectivity index (χ2v) is 10.8. The van der Waals surface area contributed by atoms with E-state index in [9.17, 15) is 14.4 Å². The van der Waals surface area contributed by atoms with Crippen molar-refractivity contribution in [2.75, 3.05) is 58.2 Å². The Balaban J connectivity index is 0.00000533. The van der Waals surface area contributed by atoms with Crippen molar-refractivity contribution < 1.29 is 24.2 Å². The van der Waals surface area contributed by atoms with Crippen LogP contribution in [0.15, 0.2) is 24.3 Å². The van der Waals surface area contributed by atoms with Gasteiger partial charge < -0.3 is 29.9 Å². The van der Waals surface area contributed by atoms with Gasteiger partial charge in [0.2, 0.25) is 0 Å². The van der Waals surface area contributed by atoms with Crippen LogP contribution in [-0.2, 0) is 16.8 Å². The molecule has 11 heteroatoms. The van der Waals surface area contributed by atoms with Crippen molar-refractivity contribution in [1.82, 2.24) is 10.2 Å². The predicted molar refractivity (Wildman–Crippen MR) is 159 cm³/mol. The van der Waals surface area contributed by atoms with Crippen molar-refractivity contribution in [1.29, 1.82) is 5.41 Å². The standard InChI is InChI=1S/C28H37N5O5.BrH/c1-28(2,3)20-9-16(10-22(32(7)8)25(20)38-15-24(35)36)23(34)14-33-13-17-11-21(31(5)6)19(27(37)30-4)12-18(17)26(33)29;/h9-12,29H,13-15H2,1-8H3,(H,30,37)(H,35,36);1H. The number of carbonyl (C=O) groups is 3. The van der Waals surface area contributed by atoms with E-state index in [2.05, 4.69) is 5.32 Å². The third-order valence-corrected chi connectivity index (χ3v) is 6.46. The summed E-state index contributed by atoms with van der Waals surface area (Å²) in [6.45, 7) is 5.79. The number of carboxylic acids is 1. The van der Waals surface area contributed by atoms with Crippen LogP contribution in [-0.4, -0.2) is 81.9 Å². The van der Waals surface area contributed by atoms with Crippen molar-refractivity contribution in [2.45, 2.75) is 32.7 Å². The Bertz CT molecular complexity index is 1300. The first-order valence-corrected chi connectivity index (χ1v) is 12.3. The van der Waals surface area contributed by atoms with E-state index in [4.69, 9.17) is 15.3 Å². The quantitative estimate of drug-likeness (QED) is 0.372. The third-order valence-electron chi connectivity index (χ3n) is 6.46. The number of ketones is 1. The number of carboxylic acid groups (broad SMARTS) is 1. The number of anilines is 2. The van der Waals surface area contributed by atoms with Crippen LogP contribution in [0.3, 0.4) is 0 Å². The molecular weight excluding hydrogens is 566 g/mol. The summed E-state index contributed by atoms with van der Waals surface area (Å²) >= 11 is 0. The third kappa shape index (κ3) is 6.70. The molecule has 1 heterocycles. The number of amides is 1. The van der Waals surface area contributed by atoms with Crippen LogP contribution in [0, 0.1) is 5.41 Å². The Kier molecular flexibility index (Phi) is 9.78. The molecule has 0 radical (unpaired) electrons. The molecular formula is C28H38BrN5O5. The summed E-state index contributed by atoms with van der Waals surface area (Å²) in [4.78, 5) is 42.6. The van der Waals surface area contributed by atoms with Gasteiger partial charge in [0.05, 0.1) is 17.8 Å². The molecule has 39 heavy (non-hydrogen) atoms. The number of fused-ring (bicyclic) bond motifs is 1. The van der Waals surface area contributed by atoms with E-state index in [1.54, 1.807) is 35.0 Å². The number of rotatable bonds is 9. The van der Waals surface area contributed by atoms with Gasteiger partial charge in [0.1, 0.15) is 11.6 Å². The summed E-state index contributed by atoms with van der Waals surface area (Å²) in [5, 5.41) is 20.6. The van der Waals surface area contributed by atoms with E-state index in [-0.39, 0.29) is 41.1 Å².